The van der Waals surface area contributed by atoms with E-state index >= 15 is 0 Å². The minimum absolute atomic E-state index is 0.0802. The molecule has 1 saturated carbocycles. The van der Waals surface area contributed by atoms with Crippen molar-refractivity contribution >= 4 is 17.8 Å². The molecule has 0 bridgehead atoms. The van der Waals surface area contributed by atoms with Crippen molar-refractivity contribution in [3.05, 3.63) is 35.4 Å². The number of amides is 4. The molecule has 4 aliphatic rings. The lowest BCUT2D eigenvalue weighted by Crippen LogP contribution is -2.53. The van der Waals surface area contributed by atoms with E-state index in [0.29, 0.717) is 12.3 Å². The molecule has 2 aliphatic carbocycles. The predicted molar refractivity (Wildman–Crippen MR) is 103 cm³/mol. The van der Waals surface area contributed by atoms with Gasteiger partial charge in [-0.25, -0.2) is 4.79 Å². The molecule has 2 aliphatic heterocycles. The van der Waals surface area contributed by atoms with Gasteiger partial charge in [0.15, 0.2) is 0 Å². The van der Waals surface area contributed by atoms with Crippen LogP contribution in [0, 0.1) is 5.92 Å². The maximum atomic E-state index is 13.3. The van der Waals surface area contributed by atoms with E-state index in [0.717, 1.165) is 48.3 Å². The average Bonchev–Trinajstić information content (AvgIpc) is 3.21. The molecule has 2 saturated heterocycles. The van der Waals surface area contributed by atoms with Gasteiger partial charge in [0.25, 0.3) is 5.91 Å². The number of carbonyl (C=O) groups excluding carboxylic acids is 3. The Kier molecular flexibility index (Phi) is 4.18. The van der Waals surface area contributed by atoms with Gasteiger partial charge in [0.1, 0.15) is 12.1 Å². The summed E-state index contributed by atoms with van der Waals surface area (Å²) in [5, 5.41) is 2.92. The fraction of sp³-hybridized carbons (Fsp3) is 0.591. The number of likely N-dealkylation sites (tertiary alicyclic amines) is 1. The second-order valence-corrected chi connectivity index (χ2v) is 8.73. The lowest BCUT2D eigenvalue weighted by atomic mass is 9.78. The predicted octanol–water partition coefficient (Wildman–Crippen LogP) is 2.56. The smallest absolute Gasteiger partial charge is 0.325 e. The fourth-order valence-corrected chi connectivity index (χ4v) is 5.89. The molecule has 4 amide bonds. The second-order valence-electron chi connectivity index (χ2n) is 8.73. The summed E-state index contributed by atoms with van der Waals surface area (Å²) in [4.78, 5) is 42.2. The van der Waals surface area contributed by atoms with Crippen LogP contribution in [0.25, 0.3) is 0 Å². The molecule has 28 heavy (non-hydrogen) atoms. The lowest BCUT2D eigenvalue weighted by Gasteiger charge is -2.44. The van der Waals surface area contributed by atoms with E-state index in [1.165, 1.54) is 19.3 Å². The Balaban J connectivity index is 1.35. The summed E-state index contributed by atoms with van der Waals surface area (Å²) in [6, 6.07) is 7.63. The van der Waals surface area contributed by atoms with Gasteiger partial charge in [-0.05, 0) is 55.6 Å². The monoisotopic (exact) mass is 381 g/mol. The highest BCUT2D eigenvalue weighted by Gasteiger charge is 2.55. The van der Waals surface area contributed by atoms with Gasteiger partial charge in [-0.1, -0.05) is 37.1 Å². The Bertz CT molecular complexity index is 836. The van der Waals surface area contributed by atoms with Crippen molar-refractivity contribution in [3.8, 4) is 0 Å². The molecule has 6 heteroatoms. The van der Waals surface area contributed by atoms with Gasteiger partial charge in [0.2, 0.25) is 5.91 Å². The molecule has 1 aromatic carbocycles. The average molecular weight is 381 g/mol. The number of carbonyl (C=O) groups is 3. The summed E-state index contributed by atoms with van der Waals surface area (Å²) in [6.07, 6.45) is 8.19. The largest absolute Gasteiger partial charge is 0.338 e. The van der Waals surface area contributed by atoms with Gasteiger partial charge < -0.3 is 10.2 Å². The first-order valence-electron chi connectivity index (χ1n) is 10.6. The highest BCUT2D eigenvalue weighted by Crippen LogP contribution is 2.41. The Morgan fingerprint density at radius 1 is 1.11 bits per heavy atom. The van der Waals surface area contributed by atoms with Crippen LogP contribution >= 0.6 is 0 Å². The van der Waals surface area contributed by atoms with Crippen molar-refractivity contribution in [1.82, 2.24) is 15.1 Å². The van der Waals surface area contributed by atoms with Crippen LogP contribution in [-0.2, 0) is 21.5 Å². The van der Waals surface area contributed by atoms with Crippen LogP contribution in [-0.4, -0.2) is 46.8 Å². The molecule has 0 unspecified atom stereocenters. The Hall–Kier alpha value is -2.37. The van der Waals surface area contributed by atoms with Crippen molar-refractivity contribution in [2.45, 2.75) is 62.9 Å². The van der Waals surface area contributed by atoms with E-state index < -0.39 is 11.6 Å². The lowest BCUT2D eigenvalue weighted by molar-refractivity contribution is -0.143. The summed E-state index contributed by atoms with van der Waals surface area (Å²) in [7, 11) is 0. The van der Waals surface area contributed by atoms with Crippen molar-refractivity contribution in [3.63, 3.8) is 0 Å². The zero-order chi connectivity index (χ0) is 19.3. The summed E-state index contributed by atoms with van der Waals surface area (Å²) in [6.45, 7) is 0.607. The number of aryl methyl sites for hydroxylation is 1. The quantitative estimate of drug-likeness (QED) is 0.801. The minimum Gasteiger partial charge on any atom is -0.338 e. The standard InChI is InChI=1S/C22H27N3O3/c26-19(24-13-5-8-16-7-2-4-10-18(16)24)14-25-20(27)22(23-21(25)28)12-11-15-6-1-3-9-17(15)22/h1,3,6,9,16,18H,2,4-5,7-8,10-14H2,(H,23,28)/t16-,18+,22+/m1/s1. The Morgan fingerprint density at radius 3 is 2.79 bits per heavy atom. The number of nitrogens with one attached hydrogen (secondary N) is 1. The normalized spacial score (nSPS) is 31.7. The molecule has 0 aromatic heterocycles. The Labute approximate surface area is 165 Å². The van der Waals surface area contributed by atoms with Gasteiger partial charge in [-0.3, -0.25) is 14.5 Å². The van der Waals surface area contributed by atoms with Crippen LogP contribution in [0.3, 0.4) is 0 Å². The minimum atomic E-state index is -0.983. The van der Waals surface area contributed by atoms with E-state index in [1.54, 1.807) is 0 Å². The van der Waals surface area contributed by atoms with Crippen LogP contribution in [0.2, 0.25) is 0 Å². The highest BCUT2D eigenvalue weighted by atomic mass is 16.2. The van der Waals surface area contributed by atoms with Crippen molar-refractivity contribution in [2.24, 2.45) is 5.92 Å². The molecule has 2 heterocycles. The second kappa shape index (κ2) is 6.61. The van der Waals surface area contributed by atoms with Crippen LogP contribution in [0.5, 0.6) is 0 Å². The number of rotatable bonds is 2. The molecule has 148 valence electrons. The SMILES string of the molecule is O=C1N[C@]2(CCc3ccccc32)C(=O)N1CC(=O)N1CCC[C@H]2CCCC[C@@H]21. The molecule has 3 atom stereocenters. The third-order valence-electron chi connectivity index (χ3n) is 7.28. The molecular formula is C22H27N3O3. The summed E-state index contributed by atoms with van der Waals surface area (Å²) in [5.74, 6) is 0.235. The summed E-state index contributed by atoms with van der Waals surface area (Å²) in [5.41, 5.74) is 1.00. The number of urea groups is 1. The first kappa shape index (κ1) is 17.7. The number of fused-ring (bicyclic) bond motifs is 3. The number of hydrogen-bond acceptors (Lipinski definition) is 3. The van der Waals surface area contributed by atoms with Gasteiger partial charge >= 0.3 is 6.03 Å². The van der Waals surface area contributed by atoms with Crippen LogP contribution in [0.4, 0.5) is 4.79 Å². The van der Waals surface area contributed by atoms with E-state index in [2.05, 4.69) is 5.32 Å². The number of piperidine rings is 1. The van der Waals surface area contributed by atoms with Crippen molar-refractivity contribution < 1.29 is 14.4 Å². The van der Waals surface area contributed by atoms with Crippen molar-refractivity contribution in [1.29, 1.82) is 0 Å². The number of nitrogens with zero attached hydrogens (tertiary/aromatic N) is 2. The summed E-state index contributed by atoms with van der Waals surface area (Å²) < 4.78 is 0. The molecular weight excluding hydrogens is 354 g/mol. The van der Waals surface area contributed by atoms with Gasteiger partial charge in [0.05, 0.1) is 0 Å². The van der Waals surface area contributed by atoms with Gasteiger partial charge in [-0.15, -0.1) is 0 Å². The van der Waals surface area contributed by atoms with Crippen LogP contribution in [0.1, 0.15) is 56.1 Å². The number of benzene rings is 1. The maximum Gasteiger partial charge on any atom is 0.325 e. The van der Waals surface area contributed by atoms with Gasteiger partial charge in [-0.2, -0.15) is 0 Å². The maximum absolute atomic E-state index is 13.3. The van der Waals surface area contributed by atoms with E-state index in [1.807, 2.05) is 29.2 Å². The molecule has 1 aromatic rings. The number of imide groups is 1. The topological polar surface area (TPSA) is 69.7 Å². The summed E-state index contributed by atoms with van der Waals surface area (Å²) >= 11 is 0. The van der Waals surface area contributed by atoms with E-state index in [4.69, 9.17) is 0 Å². The first-order valence-corrected chi connectivity index (χ1v) is 10.6. The van der Waals surface area contributed by atoms with E-state index in [9.17, 15) is 14.4 Å². The molecule has 5 rings (SSSR count). The van der Waals surface area contributed by atoms with Crippen LogP contribution < -0.4 is 5.32 Å². The molecule has 1 spiro atoms. The molecule has 0 radical (unpaired) electrons. The van der Waals surface area contributed by atoms with E-state index in [-0.39, 0.29) is 24.4 Å². The zero-order valence-corrected chi connectivity index (χ0v) is 16.2. The van der Waals surface area contributed by atoms with Crippen LogP contribution in [0.15, 0.2) is 24.3 Å². The molecule has 6 nitrogen and oxygen atoms in total. The van der Waals surface area contributed by atoms with Gasteiger partial charge in [0, 0.05) is 12.6 Å². The zero-order valence-electron chi connectivity index (χ0n) is 16.2. The van der Waals surface area contributed by atoms with Crippen molar-refractivity contribution in [2.75, 3.05) is 13.1 Å². The third-order valence-corrected chi connectivity index (χ3v) is 7.28. The highest BCUT2D eigenvalue weighted by molar-refractivity contribution is 6.09. The Morgan fingerprint density at radius 2 is 1.89 bits per heavy atom. The molecule has 3 fully saturated rings. The molecule has 1 N–H and O–H groups in total. The fourth-order valence-electron chi connectivity index (χ4n) is 5.89. The third kappa shape index (κ3) is 2.57. The number of hydrogen-bond donors (Lipinski definition) is 1. The first-order chi connectivity index (χ1) is 13.6.